The van der Waals surface area contributed by atoms with E-state index < -0.39 is 0 Å². The molecule has 1 saturated carbocycles. The van der Waals surface area contributed by atoms with Gasteiger partial charge in [-0.3, -0.25) is 0 Å². The van der Waals surface area contributed by atoms with E-state index in [1.807, 2.05) is 12.4 Å². The van der Waals surface area contributed by atoms with E-state index in [-0.39, 0.29) is 6.04 Å². The van der Waals surface area contributed by atoms with Crippen LogP contribution in [0, 0.1) is 5.92 Å². The van der Waals surface area contributed by atoms with Gasteiger partial charge in [0.05, 0.1) is 0 Å². The topological polar surface area (TPSA) is 29.9 Å². The number of nitrogens with zero attached hydrogens (tertiary/aromatic N) is 2. The number of rotatable bonds is 5. The molecule has 0 radical (unpaired) electrons. The summed E-state index contributed by atoms with van der Waals surface area (Å²) in [6.07, 6.45) is 9.43. The van der Waals surface area contributed by atoms with E-state index in [4.69, 9.17) is 0 Å². The molecular formula is C16H23N3S. The number of aryl methyl sites for hydroxylation is 1. The summed E-state index contributed by atoms with van der Waals surface area (Å²) in [5.41, 5.74) is 0. The molecule has 4 heteroatoms. The van der Waals surface area contributed by atoms with Gasteiger partial charge in [0, 0.05) is 30.4 Å². The molecule has 0 saturated heterocycles. The molecule has 1 aliphatic rings. The summed E-state index contributed by atoms with van der Waals surface area (Å²) >= 11 is 1.81. The molecule has 1 aliphatic carbocycles. The first kappa shape index (κ1) is 13.8. The maximum Gasteiger partial charge on any atom is 0.131 e. The van der Waals surface area contributed by atoms with Crippen LogP contribution in [0.3, 0.4) is 0 Å². The summed E-state index contributed by atoms with van der Waals surface area (Å²) in [7, 11) is 2.07. The van der Waals surface area contributed by atoms with Crippen molar-refractivity contribution in [2.45, 2.75) is 44.7 Å². The molecule has 108 valence electrons. The van der Waals surface area contributed by atoms with Crippen LogP contribution >= 0.6 is 11.3 Å². The van der Waals surface area contributed by atoms with Gasteiger partial charge < -0.3 is 9.88 Å². The molecule has 3 rings (SSSR count). The molecule has 2 aromatic heterocycles. The second-order valence-corrected chi connectivity index (χ2v) is 6.82. The van der Waals surface area contributed by atoms with E-state index in [0.29, 0.717) is 6.04 Å². The number of imidazole rings is 1. The van der Waals surface area contributed by atoms with Gasteiger partial charge in [0.25, 0.3) is 0 Å². The van der Waals surface area contributed by atoms with Crippen molar-refractivity contribution in [1.29, 1.82) is 0 Å². The van der Waals surface area contributed by atoms with Gasteiger partial charge in [0.1, 0.15) is 11.9 Å². The lowest BCUT2D eigenvalue weighted by molar-refractivity contribution is 0.355. The van der Waals surface area contributed by atoms with Gasteiger partial charge in [-0.25, -0.2) is 4.98 Å². The van der Waals surface area contributed by atoms with Crippen LogP contribution in [0.4, 0.5) is 0 Å². The maximum absolute atomic E-state index is 4.56. The summed E-state index contributed by atoms with van der Waals surface area (Å²) in [5, 5.41) is 5.98. The van der Waals surface area contributed by atoms with Crippen LogP contribution in [0.15, 0.2) is 29.9 Å². The van der Waals surface area contributed by atoms with Crippen molar-refractivity contribution in [3.8, 4) is 0 Å². The molecule has 0 aliphatic heterocycles. The lowest BCUT2D eigenvalue weighted by atomic mass is 9.98. The Hall–Kier alpha value is -1.13. The molecule has 2 atom stereocenters. The molecule has 0 bridgehead atoms. The molecule has 2 heterocycles. The Kier molecular flexibility index (Phi) is 4.22. The fraction of sp³-hybridized carbons (Fsp3) is 0.562. The van der Waals surface area contributed by atoms with E-state index in [0.717, 1.165) is 11.7 Å². The second-order valence-electron chi connectivity index (χ2n) is 5.84. The number of nitrogens with one attached hydrogen (secondary N) is 1. The highest BCUT2D eigenvalue weighted by molar-refractivity contribution is 7.10. The third-order valence-corrected chi connectivity index (χ3v) is 5.42. The molecule has 0 spiro atoms. The minimum Gasteiger partial charge on any atom is -0.336 e. The van der Waals surface area contributed by atoms with Crippen LogP contribution in [0.2, 0.25) is 0 Å². The third-order valence-electron chi connectivity index (χ3n) is 4.48. The lowest BCUT2D eigenvalue weighted by Crippen LogP contribution is -2.36. The van der Waals surface area contributed by atoms with Gasteiger partial charge in [-0.1, -0.05) is 18.9 Å². The fourth-order valence-electron chi connectivity index (χ4n) is 3.25. The number of aromatic nitrogens is 2. The zero-order chi connectivity index (χ0) is 13.9. The first-order valence-electron chi connectivity index (χ1n) is 7.52. The number of hydrogen-bond acceptors (Lipinski definition) is 3. The van der Waals surface area contributed by atoms with Gasteiger partial charge in [-0.15, -0.1) is 11.3 Å². The molecule has 1 fully saturated rings. The molecule has 1 N–H and O–H groups in total. The van der Waals surface area contributed by atoms with Crippen LogP contribution < -0.4 is 5.32 Å². The van der Waals surface area contributed by atoms with Crippen molar-refractivity contribution in [1.82, 2.24) is 14.9 Å². The predicted octanol–water partition coefficient (Wildman–Crippen LogP) is 3.74. The molecule has 3 nitrogen and oxygen atoms in total. The van der Waals surface area contributed by atoms with Crippen molar-refractivity contribution in [2.75, 3.05) is 0 Å². The van der Waals surface area contributed by atoms with E-state index in [2.05, 4.69) is 46.4 Å². The minimum absolute atomic E-state index is 0.214. The fourth-order valence-corrected chi connectivity index (χ4v) is 4.03. The lowest BCUT2D eigenvalue weighted by Gasteiger charge is -2.26. The molecule has 1 unspecified atom stereocenters. The SMILES string of the molecule is C[C@@H](NC(c1cccs1)c1nccn1C)C1CCCC1. The summed E-state index contributed by atoms with van der Waals surface area (Å²) < 4.78 is 2.12. The highest BCUT2D eigenvalue weighted by Crippen LogP contribution is 2.31. The van der Waals surface area contributed by atoms with Crippen molar-refractivity contribution in [3.63, 3.8) is 0 Å². The summed E-state index contributed by atoms with van der Waals surface area (Å²) in [6, 6.07) is 5.09. The van der Waals surface area contributed by atoms with E-state index in [1.54, 1.807) is 11.3 Å². The summed E-state index contributed by atoms with van der Waals surface area (Å²) in [6.45, 7) is 2.33. The van der Waals surface area contributed by atoms with E-state index >= 15 is 0 Å². The van der Waals surface area contributed by atoms with Crippen LogP contribution in [-0.4, -0.2) is 15.6 Å². The van der Waals surface area contributed by atoms with Crippen molar-refractivity contribution >= 4 is 11.3 Å². The first-order chi connectivity index (χ1) is 9.75. The van der Waals surface area contributed by atoms with E-state index in [1.165, 1.54) is 30.6 Å². The molecule has 0 aromatic carbocycles. The number of hydrogen-bond donors (Lipinski definition) is 1. The Morgan fingerprint density at radius 2 is 2.20 bits per heavy atom. The molecule has 0 amide bonds. The predicted molar refractivity (Wildman–Crippen MR) is 83.9 cm³/mol. The van der Waals surface area contributed by atoms with Gasteiger partial charge in [-0.2, -0.15) is 0 Å². The normalized spacial score (nSPS) is 19.3. The molecule has 2 aromatic rings. The van der Waals surface area contributed by atoms with Crippen molar-refractivity contribution in [2.24, 2.45) is 13.0 Å². The average Bonchev–Trinajstić information content (AvgIpc) is 3.18. The quantitative estimate of drug-likeness (QED) is 0.908. The van der Waals surface area contributed by atoms with Gasteiger partial charge in [0.15, 0.2) is 0 Å². The molecule has 20 heavy (non-hydrogen) atoms. The van der Waals surface area contributed by atoms with Crippen LogP contribution in [0.5, 0.6) is 0 Å². The third kappa shape index (κ3) is 2.81. The smallest absolute Gasteiger partial charge is 0.131 e. The Balaban J connectivity index is 1.81. The van der Waals surface area contributed by atoms with Gasteiger partial charge >= 0.3 is 0 Å². The second kappa shape index (κ2) is 6.10. The van der Waals surface area contributed by atoms with Crippen LogP contribution in [0.1, 0.15) is 49.4 Å². The maximum atomic E-state index is 4.56. The Bertz CT molecular complexity index is 526. The average molecular weight is 289 g/mol. The highest BCUT2D eigenvalue weighted by atomic mass is 32.1. The largest absolute Gasteiger partial charge is 0.336 e. The zero-order valence-electron chi connectivity index (χ0n) is 12.2. The van der Waals surface area contributed by atoms with Gasteiger partial charge in [0.2, 0.25) is 0 Å². The highest BCUT2D eigenvalue weighted by Gasteiger charge is 2.27. The van der Waals surface area contributed by atoms with E-state index in [9.17, 15) is 0 Å². The Labute approximate surface area is 125 Å². The monoisotopic (exact) mass is 289 g/mol. The Morgan fingerprint density at radius 3 is 2.80 bits per heavy atom. The van der Waals surface area contributed by atoms with Crippen molar-refractivity contribution < 1.29 is 0 Å². The summed E-state index contributed by atoms with van der Waals surface area (Å²) in [4.78, 5) is 5.91. The van der Waals surface area contributed by atoms with Gasteiger partial charge in [-0.05, 0) is 37.1 Å². The van der Waals surface area contributed by atoms with Crippen LogP contribution in [-0.2, 0) is 7.05 Å². The summed E-state index contributed by atoms with van der Waals surface area (Å²) in [5.74, 6) is 1.93. The van der Waals surface area contributed by atoms with Crippen LogP contribution in [0.25, 0.3) is 0 Å². The number of thiophene rings is 1. The standard InChI is InChI=1S/C16H23N3S/c1-12(13-6-3-4-7-13)18-15(14-8-5-11-20-14)16-17-9-10-19(16)2/h5,8-13,15,18H,3-4,6-7H2,1-2H3/t12-,15?/m1/s1. The zero-order valence-corrected chi connectivity index (χ0v) is 13.1. The van der Waals surface area contributed by atoms with Crippen molar-refractivity contribution in [3.05, 3.63) is 40.6 Å². The Morgan fingerprint density at radius 1 is 1.40 bits per heavy atom. The first-order valence-corrected chi connectivity index (χ1v) is 8.40. The minimum atomic E-state index is 0.214. The molecular weight excluding hydrogens is 266 g/mol.